The van der Waals surface area contributed by atoms with Crippen molar-refractivity contribution in [1.29, 1.82) is 0 Å². The average Bonchev–Trinajstić information content (AvgIpc) is 3.58. The van der Waals surface area contributed by atoms with Gasteiger partial charge in [0.15, 0.2) is 0 Å². The lowest BCUT2D eigenvalue weighted by atomic mass is 9.98. The van der Waals surface area contributed by atoms with E-state index in [1.165, 1.54) is 10.5 Å². The van der Waals surface area contributed by atoms with Gasteiger partial charge >= 0.3 is 0 Å². The molecule has 5 aromatic rings. The zero-order valence-electron chi connectivity index (χ0n) is 30.0. The molecular weight excluding hydrogens is 665 g/mol. The van der Waals surface area contributed by atoms with Crippen molar-refractivity contribution in [3.8, 4) is 11.1 Å². The van der Waals surface area contributed by atoms with Crippen LogP contribution in [0, 0.1) is 0 Å². The summed E-state index contributed by atoms with van der Waals surface area (Å²) in [7, 11) is 0. The lowest BCUT2D eigenvalue weighted by Gasteiger charge is -2.32. The number of anilines is 2. The second-order valence-corrected chi connectivity index (χ2v) is 14.0. The van der Waals surface area contributed by atoms with E-state index in [2.05, 4.69) is 164 Å². The van der Waals surface area contributed by atoms with Gasteiger partial charge in [0, 0.05) is 44.0 Å². The maximum absolute atomic E-state index is 6.10. The third-order valence-electron chi connectivity index (χ3n) is 9.16. The first-order valence-corrected chi connectivity index (χ1v) is 18.6. The van der Waals surface area contributed by atoms with Crippen LogP contribution in [0.5, 0.6) is 0 Å². The van der Waals surface area contributed by atoms with Gasteiger partial charge in [0.1, 0.15) is 11.3 Å². The van der Waals surface area contributed by atoms with Crippen LogP contribution in [0.3, 0.4) is 0 Å². The summed E-state index contributed by atoms with van der Waals surface area (Å²) in [6.07, 6.45) is 28.8. The molecule has 7 rings (SSSR count). The van der Waals surface area contributed by atoms with Crippen molar-refractivity contribution in [3.05, 3.63) is 223 Å². The topological polar surface area (TPSA) is 19.6 Å². The summed E-state index contributed by atoms with van der Waals surface area (Å²) in [5.74, 6) is 0.813. The molecule has 0 aliphatic carbocycles. The van der Waals surface area contributed by atoms with Crippen LogP contribution in [0.1, 0.15) is 30.2 Å². The van der Waals surface area contributed by atoms with E-state index in [-0.39, 0.29) is 0 Å². The van der Waals surface area contributed by atoms with Crippen LogP contribution in [0.15, 0.2) is 215 Å². The van der Waals surface area contributed by atoms with Crippen LogP contribution in [0.25, 0.3) is 34.2 Å². The van der Waals surface area contributed by atoms with Crippen LogP contribution in [0.2, 0.25) is 0 Å². The highest BCUT2D eigenvalue weighted by Crippen LogP contribution is 2.41. The van der Waals surface area contributed by atoms with E-state index in [0.29, 0.717) is 0 Å². The monoisotopic (exact) mass is 706 g/mol. The molecule has 4 heteroatoms. The summed E-state index contributed by atoms with van der Waals surface area (Å²) in [5.41, 5.74) is 10.7. The number of thioether (sulfide) groups is 1. The fraction of sp³-hybridized carbons (Fsp3) is 0.0612. The molecule has 2 aliphatic heterocycles. The molecule has 3 nitrogen and oxygen atoms in total. The molecule has 0 amide bonds. The van der Waals surface area contributed by atoms with Crippen LogP contribution >= 0.6 is 11.8 Å². The smallest absolute Gasteiger partial charge is 0.134 e. The van der Waals surface area contributed by atoms with Gasteiger partial charge in [-0.15, -0.1) is 0 Å². The minimum atomic E-state index is 0.813. The number of nitrogens with zero attached hydrogens (tertiary/aromatic N) is 2. The lowest BCUT2D eigenvalue weighted by molar-refractivity contribution is 0.604. The molecule has 0 saturated carbocycles. The van der Waals surface area contributed by atoms with Crippen molar-refractivity contribution >= 4 is 46.3 Å². The van der Waals surface area contributed by atoms with Gasteiger partial charge in [0.05, 0.1) is 11.4 Å². The lowest BCUT2D eigenvalue weighted by Crippen LogP contribution is -2.23. The van der Waals surface area contributed by atoms with Gasteiger partial charge in [-0.05, 0) is 109 Å². The Morgan fingerprint density at radius 2 is 1.68 bits per heavy atom. The number of hydrogen-bond acceptors (Lipinski definition) is 4. The Labute approximate surface area is 317 Å². The van der Waals surface area contributed by atoms with Crippen LogP contribution < -0.4 is 9.80 Å². The number of allylic oxidation sites excluding steroid dienone is 11. The van der Waals surface area contributed by atoms with Gasteiger partial charge in [-0.1, -0.05) is 129 Å². The number of benzene rings is 4. The van der Waals surface area contributed by atoms with Gasteiger partial charge < -0.3 is 14.2 Å². The van der Waals surface area contributed by atoms with Crippen molar-refractivity contribution in [2.75, 3.05) is 9.80 Å². The molecule has 2 aliphatic rings. The summed E-state index contributed by atoms with van der Waals surface area (Å²) < 4.78 is 6.10. The van der Waals surface area contributed by atoms with Crippen molar-refractivity contribution in [2.24, 2.45) is 0 Å². The van der Waals surface area contributed by atoms with Crippen molar-refractivity contribution < 1.29 is 4.42 Å². The number of furan rings is 1. The van der Waals surface area contributed by atoms with E-state index >= 15 is 0 Å². The summed E-state index contributed by atoms with van der Waals surface area (Å²) >= 11 is 1.73. The second-order valence-electron chi connectivity index (χ2n) is 12.8. The highest BCUT2D eigenvalue weighted by molar-refractivity contribution is 8.03. The number of para-hydroxylation sites is 1. The molecule has 0 fully saturated rings. The molecule has 53 heavy (non-hydrogen) atoms. The first kappa shape index (κ1) is 35.2. The molecule has 0 N–H and O–H groups in total. The van der Waals surface area contributed by atoms with Crippen molar-refractivity contribution in [3.63, 3.8) is 0 Å². The third kappa shape index (κ3) is 8.14. The molecule has 1 aromatic heterocycles. The van der Waals surface area contributed by atoms with Gasteiger partial charge in [-0.25, -0.2) is 0 Å². The van der Waals surface area contributed by atoms with Gasteiger partial charge in [-0.3, -0.25) is 0 Å². The molecule has 260 valence electrons. The van der Waals surface area contributed by atoms with E-state index < -0.39 is 0 Å². The maximum atomic E-state index is 6.10. The summed E-state index contributed by atoms with van der Waals surface area (Å²) in [5, 5.41) is 1.09. The number of rotatable bonds is 9. The van der Waals surface area contributed by atoms with Crippen LogP contribution in [-0.2, 0) is 6.42 Å². The Balaban J connectivity index is 1.40. The third-order valence-corrected chi connectivity index (χ3v) is 10.2. The van der Waals surface area contributed by atoms with E-state index in [0.717, 1.165) is 79.6 Å². The fourth-order valence-corrected chi connectivity index (χ4v) is 7.54. The molecule has 0 unspecified atom stereocenters. The van der Waals surface area contributed by atoms with E-state index in [4.69, 9.17) is 4.42 Å². The Hall–Kier alpha value is -6.23. The maximum Gasteiger partial charge on any atom is 0.134 e. The minimum absolute atomic E-state index is 0.813. The predicted molar refractivity (Wildman–Crippen MR) is 229 cm³/mol. The first-order valence-electron chi connectivity index (χ1n) is 17.8. The summed E-state index contributed by atoms with van der Waals surface area (Å²) in [6, 6.07) is 33.9. The van der Waals surface area contributed by atoms with E-state index in [9.17, 15) is 0 Å². The SMILES string of the molecule is C=C/C=C\C=C/N1C(=C)/C=C\C(N(/C(C)=C/C=C\c2cc3ccccc3o2)c2cccc3c2CC/C=C\C(=C)S3)=C/c2cc(-c3ccccc3)ccc21. The zero-order chi connectivity index (χ0) is 36.6. The zero-order valence-corrected chi connectivity index (χ0v) is 30.8. The first-order chi connectivity index (χ1) is 26.0. The molecule has 0 saturated heterocycles. The van der Waals surface area contributed by atoms with Crippen LogP contribution in [0.4, 0.5) is 11.4 Å². The minimum Gasteiger partial charge on any atom is -0.457 e. The molecule has 3 heterocycles. The molecule has 0 radical (unpaired) electrons. The average molecular weight is 707 g/mol. The van der Waals surface area contributed by atoms with E-state index in [1.54, 1.807) is 17.8 Å². The molecule has 4 aromatic carbocycles. The number of fused-ring (bicyclic) bond motifs is 3. The summed E-state index contributed by atoms with van der Waals surface area (Å²) in [4.78, 5) is 6.77. The van der Waals surface area contributed by atoms with Crippen molar-refractivity contribution in [1.82, 2.24) is 0 Å². The Morgan fingerprint density at radius 1 is 0.830 bits per heavy atom. The van der Waals surface area contributed by atoms with Crippen LogP contribution in [-0.4, -0.2) is 0 Å². The fourth-order valence-electron chi connectivity index (χ4n) is 6.62. The van der Waals surface area contributed by atoms with Gasteiger partial charge in [0.2, 0.25) is 0 Å². The highest BCUT2D eigenvalue weighted by atomic mass is 32.2. The molecular formula is C49H42N2OS. The van der Waals surface area contributed by atoms with E-state index in [1.807, 2.05) is 42.5 Å². The largest absolute Gasteiger partial charge is 0.457 e. The van der Waals surface area contributed by atoms with Gasteiger partial charge in [-0.2, -0.15) is 0 Å². The second kappa shape index (κ2) is 16.4. The number of hydrogen-bond donors (Lipinski definition) is 0. The Morgan fingerprint density at radius 3 is 2.53 bits per heavy atom. The molecule has 0 bridgehead atoms. The Bertz CT molecular complexity index is 2360. The Kier molecular flexibility index (Phi) is 10.9. The standard InChI is InChI=1S/C49H42N2OS/c1-5-6-7-15-32-50-36(2)28-30-43(34-42-33-40(29-31-46(42)50)39-20-9-8-10-21-39)51(47-25-17-27-49-45(47)24-13-11-19-38(4)53-49)37(3)18-16-23-44-35-41-22-12-14-26-48(41)52-44/h5-12,14-23,25-35H,1-2,4,13,24H2,3H3/b7-6-,19-11-,23-16-,30-28-,32-15-,37-18+,43-34+. The van der Waals surface area contributed by atoms with Crippen molar-refractivity contribution in [2.45, 2.75) is 24.7 Å². The molecule has 0 spiro atoms. The molecule has 0 atom stereocenters. The van der Waals surface area contributed by atoms with Gasteiger partial charge in [0.25, 0.3) is 0 Å². The normalized spacial score (nSPS) is 17.2. The highest BCUT2D eigenvalue weighted by Gasteiger charge is 2.22. The predicted octanol–water partition coefficient (Wildman–Crippen LogP) is 13.8. The quantitative estimate of drug-likeness (QED) is 0.142. The summed E-state index contributed by atoms with van der Waals surface area (Å²) in [6.45, 7) is 14.8.